The van der Waals surface area contributed by atoms with Crippen LogP contribution in [0.5, 0.6) is 0 Å². The van der Waals surface area contributed by atoms with Crippen LogP contribution in [0.4, 0.5) is 0 Å². The first-order valence-corrected chi connectivity index (χ1v) is 5.23. The van der Waals surface area contributed by atoms with Crippen molar-refractivity contribution in [2.45, 2.75) is 20.4 Å². The maximum atomic E-state index is 11.7. The van der Waals surface area contributed by atoms with Crippen molar-refractivity contribution in [3.8, 4) is 0 Å². The van der Waals surface area contributed by atoms with Crippen LogP contribution >= 0.6 is 11.6 Å². The number of hydrogen-bond acceptors (Lipinski definition) is 3. The summed E-state index contributed by atoms with van der Waals surface area (Å²) in [5.41, 5.74) is -0.174. The van der Waals surface area contributed by atoms with Gasteiger partial charge in [-0.05, 0) is 26.0 Å². The SMILES string of the molecule is Cc1ccc(Cn2c(C)nc(Cl)cc2=O)o1. The Morgan fingerprint density at radius 3 is 2.75 bits per heavy atom. The quantitative estimate of drug-likeness (QED) is 0.754. The Hall–Kier alpha value is -1.55. The first-order valence-electron chi connectivity index (χ1n) is 4.85. The van der Waals surface area contributed by atoms with Crippen molar-refractivity contribution in [1.82, 2.24) is 9.55 Å². The van der Waals surface area contributed by atoms with Gasteiger partial charge in [0.1, 0.15) is 22.5 Å². The first-order chi connectivity index (χ1) is 7.56. The standard InChI is InChI=1S/C11H11ClN2O2/c1-7-3-4-9(16-7)6-14-8(2)13-10(12)5-11(14)15/h3-5H,6H2,1-2H3. The lowest BCUT2D eigenvalue weighted by Gasteiger charge is -2.06. The van der Waals surface area contributed by atoms with E-state index in [2.05, 4.69) is 4.98 Å². The van der Waals surface area contributed by atoms with Gasteiger partial charge >= 0.3 is 0 Å². The number of rotatable bonds is 2. The highest BCUT2D eigenvalue weighted by atomic mass is 35.5. The average Bonchev–Trinajstić information content (AvgIpc) is 2.58. The van der Waals surface area contributed by atoms with Gasteiger partial charge in [0, 0.05) is 6.07 Å². The largest absolute Gasteiger partial charge is 0.464 e. The summed E-state index contributed by atoms with van der Waals surface area (Å²) in [6, 6.07) is 5.00. The summed E-state index contributed by atoms with van der Waals surface area (Å²) in [5, 5.41) is 0.217. The molecule has 0 saturated carbocycles. The molecule has 0 spiro atoms. The van der Waals surface area contributed by atoms with Crippen LogP contribution in [-0.2, 0) is 6.54 Å². The van der Waals surface area contributed by atoms with E-state index in [4.69, 9.17) is 16.0 Å². The van der Waals surface area contributed by atoms with Crippen LogP contribution in [-0.4, -0.2) is 9.55 Å². The van der Waals surface area contributed by atoms with Crippen LogP contribution in [0.2, 0.25) is 5.15 Å². The molecule has 0 radical (unpaired) electrons. The van der Waals surface area contributed by atoms with E-state index in [0.717, 1.165) is 11.5 Å². The fraction of sp³-hybridized carbons (Fsp3) is 0.273. The van der Waals surface area contributed by atoms with Crippen LogP contribution in [0.1, 0.15) is 17.3 Å². The highest BCUT2D eigenvalue weighted by molar-refractivity contribution is 6.29. The van der Waals surface area contributed by atoms with E-state index >= 15 is 0 Å². The van der Waals surface area contributed by atoms with Crippen molar-refractivity contribution in [2.24, 2.45) is 0 Å². The summed E-state index contributed by atoms with van der Waals surface area (Å²) in [6.07, 6.45) is 0. The Morgan fingerprint density at radius 1 is 1.44 bits per heavy atom. The molecule has 0 unspecified atom stereocenters. The summed E-state index contributed by atoms with van der Waals surface area (Å²) < 4.78 is 6.93. The lowest BCUT2D eigenvalue weighted by atomic mass is 10.4. The lowest BCUT2D eigenvalue weighted by molar-refractivity contribution is 0.462. The molecule has 0 aliphatic heterocycles. The van der Waals surface area contributed by atoms with Crippen molar-refractivity contribution >= 4 is 11.6 Å². The molecule has 16 heavy (non-hydrogen) atoms. The fourth-order valence-electron chi connectivity index (χ4n) is 1.50. The maximum absolute atomic E-state index is 11.7. The van der Waals surface area contributed by atoms with Gasteiger partial charge in [0.15, 0.2) is 0 Å². The molecular formula is C11H11ClN2O2. The highest BCUT2D eigenvalue weighted by Crippen LogP contribution is 2.09. The van der Waals surface area contributed by atoms with E-state index < -0.39 is 0 Å². The third kappa shape index (κ3) is 2.17. The zero-order chi connectivity index (χ0) is 11.7. The van der Waals surface area contributed by atoms with Crippen molar-refractivity contribution < 1.29 is 4.42 Å². The van der Waals surface area contributed by atoms with Gasteiger partial charge in [-0.25, -0.2) is 4.98 Å². The summed E-state index contributed by atoms with van der Waals surface area (Å²) >= 11 is 5.68. The zero-order valence-electron chi connectivity index (χ0n) is 9.03. The molecule has 0 fully saturated rings. The molecule has 0 N–H and O–H groups in total. The second kappa shape index (κ2) is 4.14. The van der Waals surface area contributed by atoms with Crippen LogP contribution < -0.4 is 5.56 Å². The number of aromatic nitrogens is 2. The lowest BCUT2D eigenvalue weighted by Crippen LogP contribution is -2.23. The second-order valence-corrected chi connectivity index (χ2v) is 3.95. The monoisotopic (exact) mass is 238 g/mol. The van der Waals surface area contributed by atoms with E-state index in [1.807, 2.05) is 19.1 Å². The fourth-order valence-corrected chi connectivity index (χ4v) is 1.72. The second-order valence-electron chi connectivity index (χ2n) is 3.56. The molecule has 2 heterocycles. The zero-order valence-corrected chi connectivity index (χ0v) is 9.78. The molecule has 0 saturated heterocycles. The Labute approximate surface area is 97.5 Å². The van der Waals surface area contributed by atoms with Crippen molar-refractivity contribution in [3.63, 3.8) is 0 Å². The third-order valence-corrected chi connectivity index (χ3v) is 2.47. The minimum atomic E-state index is -0.174. The molecule has 0 aliphatic carbocycles. The molecule has 0 atom stereocenters. The van der Waals surface area contributed by atoms with Gasteiger partial charge in [0.25, 0.3) is 5.56 Å². The molecule has 0 amide bonds. The summed E-state index contributed by atoms with van der Waals surface area (Å²) in [7, 11) is 0. The normalized spacial score (nSPS) is 10.7. The first kappa shape index (κ1) is 11.0. The van der Waals surface area contributed by atoms with E-state index in [1.165, 1.54) is 10.6 Å². The molecule has 2 rings (SSSR count). The topological polar surface area (TPSA) is 48.0 Å². The Morgan fingerprint density at radius 2 is 2.19 bits per heavy atom. The van der Waals surface area contributed by atoms with Gasteiger partial charge in [-0.2, -0.15) is 0 Å². The third-order valence-electron chi connectivity index (χ3n) is 2.28. The minimum Gasteiger partial charge on any atom is -0.464 e. The van der Waals surface area contributed by atoms with Gasteiger partial charge < -0.3 is 4.42 Å². The Kier molecular flexibility index (Phi) is 2.83. The summed E-state index contributed by atoms with van der Waals surface area (Å²) in [6.45, 7) is 3.98. The number of aryl methyl sites for hydroxylation is 2. The van der Waals surface area contributed by atoms with Crippen LogP contribution in [0.25, 0.3) is 0 Å². The predicted molar refractivity (Wildman–Crippen MR) is 60.8 cm³/mol. The van der Waals surface area contributed by atoms with Gasteiger partial charge in [-0.3, -0.25) is 9.36 Å². The molecule has 2 aromatic heterocycles. The van der Waals surface area contributed by atoms with Gasteiger partial charge in [0.05, 0.1) is 6.54 Å². The van der Waals surface area contributed by atoms with Crippen LogP contribution in [0.15, 0.2) is 27.4 Å². The molecule has 84 valence electrons. The van der Waals surface area contributed by atoms with Gasteiger partial charge in [-0.15, -0.1) is 0 Å². The highest BCUT2D eigenvalue weighted by Gasteiger charge is 2.06. The van der Waals surface area contributed by atoms with Crippen molar-refractivity contribution in [2.75, 3.05) is 0 Å². The molecule has 0 bridgehead atoms. The Balaban J connectivity index is 2.38. The molecule has 5 heteroatoms. The van der Waals surface area contributed by atoms with E-state index in [0.29, 0.717) is 12.4 Å². The summed E-state index contributed by atoms with van der Waals surface area (Å²) in [4.78, 5) is 15.7. The van der Waals surface area contributed by atoms with Gasteiger partial charge in [-0.1, -0.05) is 11.6 Å². The predicted octanol–water partition coefficient (Wildman–Crippen LogP) is 2.15. The molecule has 2 aromatic rings. The smallest absolute Gasteiger partial charge is 0.255 e. The molecule has 0 aliphatic rings. The maximum Gasteiger partial charge on any atom is 0.255 e. The van der Waals surface area contributed by atoms with Crippen molar-refractivity contribution in [3.05, 3.63) is 51.1 Å². The molecular weight excluding hydrogens is 228 g/mol. The number of halogens is 1. The van der Waals surface area contributed by atoms with E-state index in [-0.39, 0.29) is 10.7 Å². The molecule has 0 aromatic carbocycles. The summed E-state index contributed by atoms with van der Waals surface area (Å²) in [5.74, 6) is 2.13. The number of nitrogens with zero attached hydrogens (tertiary/aromatic N) is 2. The van der Waals surface area contributed by atoms with Crippen LogP contribution in [0, 0.1) is 13.8 Å². The number of hydrogen-bond donors (Lipinski definition) is 0. The van der Waals surface area contributed by atoms with Crippen molar-refractivity contribution in [1.29, 1.82) is 0 Å². The minimum absolute atomic E-state index is 0.174. The molecule has 4 nitrogen and oxygen atoms in total. The van der Waals surface area contributed by atoms with E-state index in [9.17, 15) is 4.79 Å². The van der Waals surface area contributed by atoms with Crippen LogP contribution in [0.3, 0.4) is 0 Å². The number of furan rings is 1. The Bertz CT molecular complexity index is 572. The average molecular weight is 239 g/mol. The van der Waals surface area contributed by atoms with Gasteiger partial charge in [0.2, 0.25) is 0 Å². The van der Waals surface area contributed by atoms with E-state index in [1.54, 1.807) is 6.92 Å².